The minimum Gasteiger partial charge on any atom is -0.273 e. The van der Waals surface area contributed by atoms with E-state index in [0.717, 1.165) is 25.7 Å². The summed E-state index contributed by atoms with van der Waals surface area (Å²) in [6.07, 6.45) is 24.2. The molecule has 5 heteroatoms. The summed E-state index contributed by atoms with van der Waals surface area (Å²) in [4.78, 5) is 27.4. The Morgan fingerprint density at radius 2 is 1.34 bits per heavy atom. The summed E-state index contributed by atoms with van der Waals surface area (Å²) in [6.45, 7) is 2.26. The predicted molar refractivity (Wildman–Crippen MR) is 119 cm³/mol. The number of hydrogen-bond donors (Lipinski definition) is 2. The summed E-state index contributed by atoms with van der Waals surface area (Å²) >= 11 is 0. The van der Waals surface area contributed by atoms with Gasteiger partial charge in [0, 0.05) is 24.4 Å². The summed E-state index contributed by atoms with van der Waals surface area (Å²) in [5.74, 6) is -0.477. The van der Waals surface area contributed by atoms with Crippen LogP contribution >= 0.6 is 0 Å². The number of hydrogen-bond acceptors (Lipinski definition) is 3. The minimum absolute atomic E-state index is 0.148. The van der Waals surface area contributed by atoms with E-state index in [1.54, 1.807) is 24.5 Å². The summed E-state index contributed by atoms with van der Waals surface area (Å²) in [5, 5.41) is 0. The van der Waals surface area contributed by atoms with Crippen LogP contribution in [0.25, 0.3) is 0 Å². The standard InChI is InChI=1S/C24H39N3O2/c1-2-3-4-5-6-7-8-9-10-11-12-13-14-15-16-17-23(28)26-27-24(29)22-18-20-25-21-19-22/h9-10,18-21H,2-8,11-17H2,1H3,(H,26,28)(H,27,29)/b10-9-. The number of carbonyl (C=O) groups is 2. The lowest BCUT2D eigenvalue weighted by molar-refractivity contribution is -0.122. The Morgan fingerprint density at radius 3 is 1.97 bits per heavy atom. The third-order valence-electron chi connectivity index (χ3n) is 4.92. The first-order chi connectivity index (χ1) is 14.2. The van der Waals surface area contributed by atoms with Crippen molar-refractivity contribution in [3.8, 4) is 0 Å². The van der Waals surface area contributed by atoms with Crippen LogP contribution in [-0.4, -0.2) is 16.8 Å². The summed E-state index contributed by atoms with van der Waals surface area (Å²) < 4.78 is 0. The SMILES string of the molecule is CCCCCCCC/C=C\CCCCCCCC(=O)NNC(=O)c1ccncc1. The predicted octanol–water partition coefficient (Wildman–Crippen LogP) is 5.88. The Morgan fingerprint density at radius 1 is 0.793 bits per heavy atom. The summed E-state index contributed by atoms with van der Waals surface area (Å²) in [6, 6.07) is 3.21. The molecule has 0 bridgehead atoms. The summed E-state index contributed by atoms with van der Waals surface area (Å²) in [7, 11) is 0. The highest BCUT2D eigenvalue weighted by Crippen LogP contribution is 2.09. The van der Waals surface area contributed by atoms with E-state index < -0.39 is 0 Å². The van der Waals surface area contributed by atoms with E-state index >= 15 is 0 Å². The molecule has 0 unspecified atom stereocenters. The number of allylic oxidation sites excluding steroid dienone is 2. The molecule has 162 valence electrons. The zero-order valence-electron chi connectivity index (χ0n) is 18.1. The number of nitrogens with one attached hydrogen (secondary N) is 2. The lowest BCUT2D eigenvalue weighted by Crippen LogP contribution is -2.41. The fraction of sp³-hybridized carbons (Fsp3) is 0.625. The molecule has 0 atom stereocenters. The van der Waals surface area contributed by atoms with Crippen molar-refractivity contribution in [3.05, 3.63) is 42.2 Å². The van der Waals surface area contributed by atoms with Crippen LogP contribution in [0.15, 0.2) is 36.7 Å². The quantitative estimate of drug-likeness (QED) is 0.206. The maximum Gasteiger partial charge on any atom is 0.269 e. The highest BCUT2D eigenvalue weighted by Gasteiger charge is 2.06. The molecule has 0 saturated carbocycles. The molecule has 0 aromatic carbocycles. The average molecular weight is 402 g/mol. The number of hydrazine groups is 1. The third kappa shape index (κ3) is 14.5. The van der Waals surface area contributed by atoms with Gasteiger partial charge in [-0.15, -0.1) is 0 Å². The second-order valence-corrected chi connectivity index (χ2v) is 7.57. The molecular formula is C24H39N3O2. The molecule has 0 aliphatic heterocycles. The molecule has 0 fully saturated rings. The molecule has 0 saturated heterocycles. The average Bonchev–Trinajstić information content (AvgIpc) is 2.75. The second kappa shape index (κ2) is 17.9. The van der Waals surface area contributed by atoms with Gasteiger partial charge in [-0.25, -0.2) is 0 Å². The topological polar surface area (TPSA) is 71.1 Å². The van der Waals surface area contributed by atoms with E-state index in [1.807, 2.05) is 0 Å². The van der Waals surface area contributed by atoms with Gasteiger partial charge in [-0.2, -0.15) is 0 Å². The Balaban J connectivity index is 1.87. The van der Waals surface area contributed by atoms with Crippen molar-refractivity contribution in [3.63, 3.8) is 0 Å². The minimum atomic E-state index is -0.328. The van der Waals surface area contributed by atoms with E-state index in [1.165, 1.54) is 57.8 Å². The number of amides is 2. The lowest BCUT2D eigenvalue weighted by Gasteiger charge is -2.07. The Bertz CT molecular complexity index is 573. The van der Waals surface area contributed by atoms with Gasteiger partial charge in [0.15, 0.2) is 0 Å². The first-order valence-corrected chi connectivity index (χ1v) is 11.4. The monoisotopic (exact) mass is 401 g/mol. The van der Waals surface area contributed by atoms with Crippen LogP contribution in [0.1, 0.15) is 107 Å². The van der Waals surface area contributed by atoms with Gasteiger partial charge in [0.25, 0.3) is 5.91 Å². The number of unbranched alkanes of at least 4 members (excludes halogenated alkanes) is 11. The van der Waals surface area contributed by atoms with Gasteiger partial charge in [-0.3, -0.25) is 25.4 Å². The molecule has 1 aromatic rings. The molecule has 1 heterocycles. The van der Waals surface area contributed by atoms with Crippen LogP contribution in [0.2, 0.25) is 0 Å². The number of rotatable bonds is 16. The van der Waals surface area contributed by atoms with Crippen LogP contribution in [0.3, 0.4) is 0 Å². The fourth-order valence-electron chi connectivity index (χ4n) is 3.12. The number of carbonyl (C=O) groups excluding carboxylic acids is 2. The Kier molecular flexibility index (Phi) is 15.3. The molecule has 2 N–H and O–H groups in total. The van der Waals surface area contributed by atoms with Gasteiger partial charge < -0.3 is 0 Å². The van der Waals surface area contributed by atoms with E-state index in [-0.39, 0.29) is 11.8 Å². The maximum absolute atomic E-state index is 11.8. The molecule has 0 radical (unpaired) electrons. The van der Waals surface area contributed by atoms with Crippen molar-refractivity contribution in [1.82, 2.24) is 15.8 Å². The zero-order chi connectivity index (χ0) is 21.0. The Labute approximate surface area is 176 Å². The Hall–Kier alpha value is -2.17. The zero-order valence-corrected chi connectivity index (χ0v) is 18.1. The van der Waals surface area contributed by atoms with Gasteiger partial charge in [0.1, 0.15) is 0 Å². The lowest BCUT2D eigenvalue weighted by atomic mass is 10.1. The molecule has 29 heavy (non-hydrogen) atoms. The molecule has 2 amide bonds. The van der Waals surface area contributed by atoms with E-state index in [2.05, 4.69) is 34.9 Å². The normalized spacial score (nSPS) is 10.9. The van der Waals surface area contributed by atoms with Gasteiger partial charge in [0.05, 0.1) is 0 Å². The largest absolute Gasteiger partial charge is 0.273 e. The number of aromatic nitrogens is 1. The molecule has 5 nitrogen and oxygen atoms in total. The van der Waals surface area contributed by atoms with Crippen LogP contribution in [0, 0.1) is 0 Å². The van der Waals surface area contributed by atoms with Gasteiger partial charge in [-0.1, -0.05) is 70.4 Å². The van der Waals surface area contributed by atoms with Gasteiger partial charge in [-0.05, 0) is 44.2 Å². The van der Waals surface area contributed by atoms with Crippen molar-refractivity contribution in [2.45, 2.75) is 96.8 Å². The smallest absolute Gasteiger partial charge is 0.269 e. The first-order valence-electron chi connectivity index (χ1n) is 11.4. The second-order valence-electron chi connectivity index (χ2n) is 7.57. The molecular weight excluding hydrogens is 362 g/mol. The fourth-order valence-corrected chi connectivity index (χ4v) is 3.12. The third-order valence-corrected chi connectivity index (χ3v) is 4.92. The molecule has 0 aliphatic rings. The van der Waals surface area contributed by atoms with Crippen molar-refractivity contribution in [2.24, 2.45) is 0 Å². The molecule has 0 spiro atoms. The number of pyridine rings is 1. The van der Waals surface area contributed by atoms with Gasteiger partial charge >= 0.3 is 0 Å². The van der Waals surface area contributed by atoms with Crippen LogP contribution in [-0.2, 0) is 4.79 Å². The van der Waals surface area contributed by atoms with Crippen LogP contribution in [0.5, 0.6) is 0 Å². The first kappa shape index (κ1) is 24.9. The van der Waals surface area contributed by atoms with Gasteiger partial charge in [0.2, 0.25) is 5.91 Å². The van der Waals surface area contributed by atoms with Crippen LogP contribution in [0.4, 0.5) is 0 Å². The molecule has 1 rings (SSSR count). The molecule has 0 aliphatic carbocycles. The van der Waals surface area contributed by atoms with E-state index in [4.69, 9.17) is 0 Å². The number of nitrogens with zero attached hydrogens (tertiary/aromatic N) is 1. The van der Waals surface area contributed by atoms with E-state index in [9.17, 15) is 9.59 Å². The van der Waals surface area contributed by atoms with Crippen LogP contribution < -0.4 is 10.9 Å². The molecule has 1 aromatic heterocycles. The maximum atomic E-state index is 11.8. The van der Waals surface area contributed by atoms with Crippen molar-refractivity contribution < 1.29 is 9.59 Å². The van der Waals surface area contributed by atoms with Crippen molar-refractivity contribution >= 4 is 11.8 Å². The highest BCUT2D eigenvalue weighted by molar-refractivity contribution is 5.95. The van der Waals surface area contributed by atoms with Crippen molar-refractivity contribution in [2.75, 3.05) is 0 Å². The highest BCUT2D eigenvalue weighted by atomic mass is 16.2. The van der Waals surface area contributed by atoms with Crippen molar-refractivity contribution in [1.29, 1.82) is 0 Å². The summed E-state index contributed by atoms with van der Waals surface area (Å²) in [5.41, 5.74) is 5.36. The van der Waals surface area contributed by atoms with E-state index in [0.29, 0.717) is 12.0 Å².